The predicted molar refractivity (Wildman–Crippen MR) is 117 cm³/mol. The Bertz CT molecular complexity index is 948. The molecule has 33 heavy (non-hydrogen) atoms. The second-order valence-electron chi connectivity index (χ2n) is 7.52. The molecular weight excluding hydrogens is 463 g/mol. The lowest BCUT2D eigenvalue weighted by Gasteiger charge is -2.16. The molecule has 2 aromatic rings. The fourth-order valence-electron chi connectivity index (χ4n) is 3.30. The molecule has 0 radical (unpaired) electrons. The molecule has 1 fully saturated rings. The van der Waals surface area contributed by atoms with Crippen LogP contribution in [-0.4, -0.2) is 45.1 Å². The van der Waals surface area contributed by atoms with E-state index in [1.165, 1.54) is 13.2 Å². The van der Waals surface area contributed by atoms with E-state index in [0.29, 0.717) is 35.1 Å². The summed E-state index contributed by atoms with van der Waals surface area (Å²) in [4.78, 5) is 12.5. The number of nitrogens with one attached hydrogen (secondary N) is 1. The van der Waals surface area contributed by atoms with Gasteiger partial charge in [0.05, 0.1) is 18.9 Å². The highest BCUT2D eigenvalue weighted by Gasteiger charge is 2.29. The minimum atomic E-state index is -4.45. The largest absolute Gasteiger partial charge is 0.493 e. The second kappa shape index (κ2) is 11.5. The lowest BCUT2D eigenvalue weighted by atomic mass is 10.1. The smallest absolute Gasteiger partial charge is 0.422 e. The van der Waals surface area contributed by atoms with E-state index < -0.39 is 12.8 Å². The van der Waals surface area contributed by atoms with Crippen LogP contribution in [0.3, 0.4) is 0 Å². The van der Waals surface area contributed by atoms with Crippen LogP contribution in [0.4, 0.5) is 18.9 Å². The normalized spacial score (nSPS) is 15.8. The third kappa shape index (κ3) is 8.01. The number of rotatable bonds is 10. The average molecular weight is 488 g/mol. The Morgan fingerprint density at radius 2 is 1.94 bits per heavy atom. The van der Waals surface area contributed by atoms with Gasteiger partial charge in [0.15, 0.2) is 18.1 Å². The van der Waals surface area contributed by atoms with E-state index in [1.54, 1.807) is 30.3 Å². The molecule has 2 aromatic carbocycles. The minimum absolute atomic E-state index is 0.0185. The van der Waals surface area contributed by atoms with Gasteiger partial charge in [0.1, 0.15) is 12.4 Å². The second-order valence-corrected chi connectivity index (χ2v) is 7.96. The third-order valence-electron chi connectivity index (χ3n) is 4.92. The van der Waals surface area contributed by atoms with E-state index in [9.17, 15) is 18.0 Å². The highest BCUT2D eigenvalue weighted by molar-refractivity contribution is 6.31. The van der Waals surface area contributed by atoms with Crippen LogP contribution in [0.1, 0.15) is 24.8 Å². The van der Waals surface area contributed by atoms with Crippen molar-refractivity contribution >= 4 is 23.2 Å². The molecular formula is C23H25ClF3NO5. The lowest BCUT2D eigenvalue weighted by molar-refractivity contribution is -0.153. The van der Waals surface area contributed by atoms with Gasteiger partial charge in [-0.2, -0.15) is 13.2 Å². The highest BCUT2D eigenvalue weighted by atomic mass is 35.5. The summed E-state index contributed by atoms with van der Waals surface area (Å²) >= 11 is 6.07. The first-order valence-corrected chi connectivity index (χ1v) is 10.8. The maximum Gasteiger partial charge on any atom is 0.422 e. The van der Waals surface area contributed by atoms with Crippen molar-refractivity contribution in [3.8, 4) is 17.2 Å². The summed E-state index contributed by atoms with van der Waals surface area (Å²) < 4.78 is 58.4. The van der Waals surface area contributed by atoms with Crippen LogP contribution >= 0.6 is 11.6 Å². The molecule has 0 aromatic heterocycles. The molecule has 1 saturated heterocycles. The Labute approximate surface area is 194 Å². The zero-order valence-corrected chi connectivity index (χ0v) is 18.8. The summed E-state index contributed by atoms with van der Waals surface area (Å²) in [5, 5.41) is 3.26. The fourth-order valence-corrected chi connectivity index (χ4v) is 3.47. The molecule has 10 heteroatoms. The summed E-state index contributed by atoms with van der Waals surface area (Å²) in [6.07, 6.45) is -2.02. The molecule has 0 saturated carbocycles. The van der Waals surface area contributed by atoms with E-state index in [0.717, 1.165) is 19.4 Å². The third-order valence-corrected chi connectivity index (χ3v) is 5.16. The molecule has 0 spiro atoms. The topological polar surface area (TPSA) is 66.0 Å². The van der Waals surface area contributed by atoms with Crippen molar-refractivity contribution < 1.29 is 36.9 Å². The first-order valence-electron chi connectivity index (χ1n) is 10.4. The summed E-state index contributed by atoms with van der Waals surface area (Å²) in [5.41, 5.74) is 1.17. The van der Waals surface area contributed by atoms with Crippen molar-refractivity contribution in [3.05, 3.63) is 47.0 Å². The molecule has 1 amide bonds. The summed E-state index contributed by atoms with van der Waals surface area (Å²) in [6.45, 7) is -0.312. The number of aryl methyl sites for hydroxylation is 1. The minimum Gasteiger partial charge on any atom is -0.493 e. The summed E-state index contributed by atoms with van der Waals surface area (Å²) in [6, 6.07) is 9.52. The fraction of sp³-hybridized carbons (Fsp3) is 0.435. The molecule has 1 heterocycles. The molecule has 6 nitrogen and oxygen atoms in total. The van der Waals surface area contributed by atoms with Gasteiger partial charge >= 0.3 is 6.18 Å². The van der Waals surface area contributed by atoms with E-state index in [1.807, 2.05) is 0 Å². The van der Waals surface area contributed by atoms with Crippen LogP contribution in [0.25, 0.3) is 0 Å². The van der Waals surface area contributed by atoms with Crippen molar-refractivity contribution in [2.24, 2.45) is 0 Å². The van der Waals surface area contributed by atoms with Crippen LogP contribution in [0.5, 0.6) is 17.2 Å². The van der Waals surface area contributed by atoms with Gasteiger partial charge < -0.3 is 24.3 Å². The molecule has 1 unspecified atom stereocenters. The number of carbonyl (C=O) groups excluding carboxylic acids is 1. The monoisotopic (exact) mass is 487 g/mol. The Morgan fingerprint density at radius 1 is 1.15 bits per heavy atom. The number of methoxy groups -OCH3 is 1. The zero-order chi connectivity index (χ0) is 23.8. The number of benzene rings is 2. The Kier molecular flexibility index (Phi) is 8.68. The van der Waals surface area contributed by atoms with E-state index in [2.05, 4.69) is 5.32 Å². The Hall–Kier alpha value is -2.65. The molecule has 1 N–H and O–H groups in total. The number of halogens is 4. The molecule has 1 aliphatic heterocycles. The SMILES string of the molecule is COc1cc(CCC(=O)Nc2cc(Cl)ccc2OCC2CCCO2)ccc1OCC(F)(F)F. The van der Waals surface area contributed by atoms with Crippen LogP contribution in [0.2, 0.25) is 5.02 Å². The van der Waals surface area contributed by atoms with Crippen LogP contribution in [0.15, 0.2) is 36.4 Å². The maximum atomic E-state index is 12.5. The van der Waals surface area contributed by atoms with Gasteiger partial charge in [-0.25, -0.2) is 0 Å². The van der Waals surface area contributed by atoms with Gasteiger partial charge in [-0.15, -0.1) is 0 Å². The standard InChI is InChI=1S/C23H25ClF3NO5/c1-30-21-11-15(4-7-20(21)33-14-23(25,26)27)5-9-22(29)28-18-12-16(24)6-8-19(18)32-13-17-3-2-10-31-17/h4,6-8,11-12,17H,2-3,5,9-10,13-14H2,1H3,(H,28,29). The predicted octanol–water partition coefficient (Wildman–Crippen LogP) is 5.42. The molecule has 180 valence electrons. The highest BCUT2D eigenvalue weighted by Crippen LogP contribution is 2.31. The van der Waals surface area contributed by atoms with Crippen molar-refractivity contribution in [1.82, 2.24) is 0 Å². The summed E-state index contributed by atoms with van der Waals surface area (Å²) in [7, 11) is 1.34. The number of amides is 1. The number of hydrogen-bond acceptors (Lipinski definition) is 5. The van der Waals surface area contributed by atoms with Gasteiger partial charge in [-0.3, -0.25) is 4.79 Å². The average Bonchev–Trinajstić information content (AvgIpc) is 3.29. The Morgan fingerprint density at radius 3 is 2.64 bits per heavy atom. The van der Waals surface area contributed by atoms with E-state index >= 15 is 0 Å². The number of hydrogen-bond donors (Lipinski definition) is 1. The molecule has 1 aliphatic rings. The van der Waals surface area contributed by atoms with Gasteiger partial charge in [-0.1, -0.05) is 17.7 Å². The zero-order valence-electron chi connectivity index (χ0n) is 18.0. The van der Waals surface area contributed by atoms with Gasteiger partial charge in [0.25, 0.3) is 0 Å². The number of alkyl halides is 3. The van der Waals surface area contributed by atoms with Crippen LogP contribution < -0.4 is 19.5 Å². The molecule has 0 bridgehead atoms. The van der Waals surface area contributed by atoms with Gasteiger partial charge in [0, 0.05) is 18.1 Å². The van der Waals surface area contributed by atoms with Crippen molar-refractivity contribution in [2.75, 3.05) is 32.2 Å². The first kappa shape index (κ1) is 25.0. The quantitative estimate of drug-likeness (QED) is 0.485. The van der Waals surface area contributed by atoms with Crippen LogP contribution in [0, 0.1) is 0 Å². The van der Waals surface area contributed by atoms with Gasteiger partial charge in [0.2, 0.25) is 5.91 Å². The molecule has 3 rings (SSSR count). The van der Waals surface area contributed by atoms with Crippen molar-refractivity contribution in [3.63, 3.8) is 0 Å². The first-order chi connectivity index (χ1) is 15.7. The number of ether oxygens (including phenoxy) is 4. The van der Waals surface area contributed by atoms with E-state index in [4.69, 9.17) is 30.5 Å². The van der Waals surface area contributed by atoms with Gasteiger partial charge in [-0.05, 0) is 55.2 Å². The lowest BCUT2D eigenvalue weighted by Crippen LogP contribution is -2.19. The van der Waals surface area contributed by atoms with Crippen molar-refractivity contribution in [2.45, 2.75) is 38.0 Å². The maximum absolute atomic E-state index is 12.5. The van der Waals surface area contributed by atoms with E-state index in [-0.39, 0.29) is 29.9 Å². The van der Waals surface area contributed by atoms with Crippen LogP contribution in [-0.2, 0) is 16.0 Å². The molecule has 1 atom stereocenters. The number of carbonyl (C=O) groups is 1. The Balaban J connectivity index is 1.57. The molecule has 0 aliphatic carbocycles. The van der Waals surface area contributed by atoms with Crippen molar-refractivity contribution in [1.29, 1.82) is 0 Å². The summed E-state index contributed by atoms with van der Waals surface area (Å²) in [5.74, 6) is 0.374. The number of anilines is 1.